The Labute approximate surface area is 219 Å². The highest BCUT2D eigenvalue weighted by atomic mass is 79.9. The molecule has 0 fully saturated rings. The Morgan fingerprint density at radius 3 is 1.18 bits per heavy atom. The SMILES string of the molecule is C=CC(=O)CCCCCCCCCCCCCCCCCCCCCC[N+](C)(C)CCC.[Br-]. The molecule has 0 aromatic rings. The highest BCUT2D eigenvalue weighted by Gasteiger charge is 2.11. The fourth-order valence-electron chi connectivity index (χ4n) is 4.84. The lowest BCUT2D eigenvalue weighted by molar-refractivity contribution is -0.890. The van der Waals surface area contributed by atoms with Gasteiger partial charge in [-0.25, -0.2) is 0 Å². The molecule has 0 radical (unpaired) electrons. The highest BCUT2D eigenvalue weighted by Crippen LogP contribution is 2.15. The lowest BCUT2D eigenvalue weighted by Crippen LogP contribution is -3.00. The molecular weight excluding hydrogens is 470 g/mol. The molecule has 0 aromatic carbocycles. The van der Waals surface area contributed by atoms with E-state index in [1.165, 1.54) is 152 Å². The van der Waals surface area contributed by atoms with Crippen LogP contribution in [0, 0.1) is 0 Å². The predicted octanol–water partition coefficient (Wildman–Crippen LogP) is 6.42. The summed E-state index contributed by atoms with van der Waals surface area (Å²) in [5, 5.41) is 0. The third-order valence-electron chi connectivity index (χ3n) is 6.99. The first-order valence-electron chi connectivity index (χ1n) is 14.5. The maximum atomic E-state index is 11.1. The first-order chi connectivity index (χ1) is 15.5. The van der Waals surface area contributed by atoms with E-state index in [4.69, 9.17) is 0 Å². The summed E-state index contributed by atoms with van der Waals surface area (Å²) < 4.78 is 1.21. The zero-order valence-electron chi connectivity index (χ0n) is 23.0. The molecule has 198 valence electrons. The molecule has 0 saturated carbocycles. The standard InChI is InChI=1S/C30H60NO.BrH/c1-5-28-31(3,4)29-26-24-22-20-18-16-14-12-10-8-7-9-11-13-15-17-19-21-23-25-27-30(32)6-2;/h6H,2,5,7-29H2,1,3-4H3;1H/q+1;/p-1. The van der Waals surface area contributed by atoms with E-state index in [1.54, 1.807) is 0 Å². The van der Waals surface area contributed by atoms with E-state index in [9.17, 15) is 4.79 Å². The molecule has 0 aromatic heterocycles. The van der Waals surface area contributed by atoms with Crippen molar-refractivity contribution in [1.82, 2.24) is 0 Å². The molecule has 0 N–H and O–H groups in total. The van der Waals surface area contributed by atoms with E-state index >= 15 is 0 Å². The quantitative estimate of drug-likeness (QED) is 0.0716. The van der Waals surface area contributed by atoms with Crippen molar-refractivity contribution in [2.24, 2.45) is 0 Å². The van der Waals surface area contributed by atoms with Gasteiger partial charge in [-0.2, -0.15) is 0 Å². The summed E-state index contributed by atoms with van der Waals surface area (Å²) in [6.07, 6.45) is 31.4. The maximum Gasteiger partial charge on any atom is 0.155 e. The highest BCUT2D eigenvalue weighted by molar-refractivity contribution is 5.88. The summed E-state index contributed by atoms with van der Waals surface area (Å²) in [7, 11) is 4.76. The van der Waals surface area contributed by atoms with Crippen LogP contribution in [0.3, 0.4) is 0 Å². The van der Waals surface area contributed by atoms with Crippen LogP contribution in [0.4, 0.5) is 0 Å². The minimum atomic E-state index is 0. The molecule has 33 heavy (non-hydrogen) atoms. The second-order valence-corrected chi connectivity index (χ2v) is 10.9. The summed E-state index contributed by atoms with van der Waals surface area (Å²) in [5.74, 6) is 0.202. The van der Waals surface area contributed by atoms with Gasteiger partial charge in [-0.05, 0) is 31.8 Å². The number of ketones is 1. The predicted molar refractivity (Wildman–Crippen MR) is 144 cm³/mol. The van der Waals surface area contributed by atoms with Gasteiger partial charge in [0.15, 0.2) is 5.78 Å². The third kappa shape index (κ3) is 28.0. The second-order valence-electron chi connectivity index (χ2n) is 10.9. The molecular formula is C30H60BrNO. The Morgan fingerprint density at radius 1 is 0.576 bits per heavy atom. The van der Waals surface area contributed by atoms with Crippen LogP contribution in [-0.2, 0) is 4.79 Å². The second kappa shape index (κ2) is 26.5. The lowest BCUT2D eigenvalue weighted by atomic mass is 10.0. The van der Waals surface area contributed by atoms with Crippen LogP contribution in [0.5, 0.6) is 0 Å². The van der Waals surface area contributed by atoms with Crippen LogP contribution in [0.2, 0.25) is 0 Å². The van der Waals surface area contributed by atoms with Crippen molar-refractivity contribution in [2.45, 2.75) is 148 Å². The average molecular weight is 531 g/mol. The molecule has 0 rings (SSSR count). The zero-order valence-corrected chi connectivity index (χ0v) is 24.6. The number of rotatable bonds is 26. The number of nitrogens with zero attached hydrogens (tertiary/aromatic N) is 1. The van der Waals surface area contributed by atoms with E-state index in [0.29, 0.717) is 6.42 Å². The van der Waals surface area contributed by atoms with Crippen LogP contribution in [0.1, 0.15) is 148 Å². The van der Waals surface area contributed by atoms with Gasteiger partial charge in [0.2, 0.25) is 0 Å². The number of halogens is 1. The largest absolute Gasteiger partial charge is 1.00 e. The molecule has 0 amide bonds. The molecule has 0 saturated heterocycles. The summed E-state index contributed by atoms with van der Waals surface area (Å²) >= 11 is 0. The fraction of sp³-hybridized carbons (Fsp3) is 0.900. The lowest BCUT2D eigenvalue weighted by Gasteiger charge is -2.29. The molecule has 0 aliphatic carbocycles. The van der Waals surface area contributed by atoms with E-state index in [1.807, 2.05) is 0 Å². The van der Waals surface area contributed by atoms with Gasteiger partial charge in [-0.15, -0.1) is 0 Å². The molecule has 0 aliphatic rings. The number of quaternary nitrogens is 1. The monoisotopic (exact) mass is 529 g/mol. The number of allylic oxidation sites excluding steroid dienone is 1. The third-order valence-corrected chi connectivity index (χ3v) is 6.99. The Hall–Kier alpha value is -0.150. The zero-order chi connectivity index (χ0) is 23.8. The number of carbonyl (C=O) groups is 1. The fourth-order valence-corrected chi connectivity index (χ4v) is 4.84. The van der Waals surface area contributed by atoms with Crippen molar-refractivity contribution >= 4 is 5.78 Å². The number of hydrogen-bond donors (Lipinski definition) is 0. The average Bonchev–Trinajstić information content (AvgIpc) is 2.76. The van der Waals surface area contributed by atoms with Gasteiger partial charge < -0.3 is 21.5 Å². The maximum absolute atomic E-state index is 11.1. The van der Waals surface area contributed by atoms with Crippen molar-refractivity contribution in [3.8, 4) is 0 Å². The van der Waals surface area contributed by atoms with E-state index < -0.39 is 0 Å². The van der Waals surface area contributed by atoms with Crippen LogP contribution >= 0.6 is 0 Å². The Morgan fingerprint density at radius 2 is 0.879 bits per heavy atom. The molecule has 0 heterocycles. The van der Waals surface area contributed by atoms with Gasteiger partial charge in [0.1, 0.15) is 0 Å². The van der Waals surface area contributed by atoms with Gasteiger partial charge in [-0.1, -0.05) is 123 Å². The van der Waals surface area contributed by atoms with Crippen LogP contribution in [0.15, 0.2) is 12.7 Å². The topological polar surface area (TPSA) is 17.1 Å². The summed E-state index contributed by atoms with van der Waals surface area (Å²) in [4.78, 5) is 11.1. The first kappa shape index (κ1) is 35.0. The minimum absolute atomic E-state index is 0. The number of unbranched alkanes of at least 4 members (excludes halogenated alkanes) is 19. The molecule has 0 bridgehead atoms. The van der Waals surface area contributed by atoms with Crippen molar-refractivity contribution in [1.29, 1.82) is 0 Å². The Balaban J connectivity index is 0. The number of hydrogen-bond acceptors (Lipinski definition) is 1. The van der Waals surface area contributed by atoms with Gasteiger partial charge in [-0.3, -0.25) is 4.79 Å². The molecule has 0 aliphatic heterocycles. The van der Waals surface area contributed by atoms with Crippen LogP contribution in [0.25, 0.3) is 0 Å². The Kier molecular flexibility index (Phi) is 28.1. The van der Waals surface area contributed by atoms with Crippen molar-refractivity contribution < 1.29 is 26.3 Å². The van der Waals surface area contributed by atoms with Gasteiger partial charge >= 0.3 is 0 Å². The van der Waals surface area contributed by atoms with Crippen molar-refractivity contribution in [3.63, 3.8) is 0 Å². The van der Waals surface area contributed by atoms with Crippen LogP contribution in [-0.4, -0.2) is 37.5 Å². The molecule has 0 spiro atoms. The normalized spacial score (nSPS) is 11.4. The van der Waals surface area contributed by atoms with Crippen LogP contribution < -0.4 is 17.0 Å². The molecule has 0 atom stereocenters. The molecule has 0 unspecified atom stereocenters. The molecule has 3 heteroatoms. The van der Waals surface area contributed by atoms with E-state index in [0.717, 1.165) is 6.42 Å². The molecule has 2 nitrogen and oxygen atoms in total. The van der Waals surface area contributed by atoms with Gasteiger partial charge in [0, 0.05) is 6.42 Å². The van der Waals surface area contributed by atoms with E-state index in [2.05, 4.69) is 27.6 Å². The minimum Gasteiger partial charge on any atom is -1.00 e. The van der Waals surface area contributed by atoms with Gasteiger partial charge in [0.05, 0.1) is 27.2 Å². The smallest absolute Gasteiger partial charge is 0.155 e. The number of carbonyl (C=O) groups excluding carboxylic acids is 1. The van der Waals surface area contributed by atoms with Gasteiger partial charge in [0.25, 0.3) is 0 Å². The summed E-state index contributed by atoms with van der Waals surface area (Å²) in [6, 6.07) is 0. The first-order valence-corrected chi connectivity index (χ1v) is 14.5. The van der Waals surface area contributed by atoms with Crippen molar-refractivity contribution in [3.05, 3.63) is 12.7 Å². The van der Waals surface area contributed by atoms with Crippen molar-refractivity contribution in [2.75, 3.05) is 27.2 Å². The van der Waals surface area contributed by atoms with E-state index in [-0.39, 0.29) is 22.8 Å². The summed E-state index contributed by atoms with van der Waals surface area (Å²) in [5.41, 5.74) is 0. The Bertz CT molecular complexity index is 422. The summed E-state index contributed by atoms with van der Waals surface area (Å²) in [6.45, 7) is 8.50.